The highest BCUT2D eigenvalue weighted by Gasteiger charge is 2.54. The summed E-state index contributed by atoms with van der Waals surface area (Å²) in [7, 11) is -0.0575. The minimum atomic E-state index is -4.60. The van der Waals surface area contributed by atoms with Crippen LogP contribution >= 0.6 is 0 Å². The Labute approximate surface area is 260 Å². The number of sulfone groups is 1. The van der Waals surface area contributed by atoms with Crippen LogP contribution in [0, 0.1) is 0 Å². The number of alkyl halides is 3. The molecule has 2 fully saturated rings. The molecular weight excluding hydrogens is 617 g/mol. The fourth-order valence-corrected chi connectivity index (χ4v) is 6.91. The number of hydrogen-bond acceptors (Lipinski definition) is 11. The van der Waals surface area contributed by atoms with Crippen molar-refractivity contribution in [2.24, 2.45) is 0 Å². The van der Waals surface area contributed by atoms with Crippen molar-refractivity contribution in [3.8, 4) is 6.01 Å². The standard InChI is InChI=1S/C29H39F3N6O6S/c1-27(2,3)44-26(40)38-14-12-37(13-15-38)24-33-23(34-25(35-24)43-19-29(30,31)32)16-20-6-8-21(9-7-20)22(39)17-45(41,42)28(10-11-28)18-36(4)5/h6-9H,10-19H2,1-5H3. The number of carbonyl (C=O) groups excluding carboxylic acids is 2. The molecule has 0 spiro atoms. The number of carbonyl (C=O) groups is 2. The summed E-state index contributed by atoms with van der Waals surface area (Å²) >= 11 is 0. The van der Waals surface area contributed by atoms with Crippen LogP contribution in [-0.2, 0) is 21.0 Å². The topological polar surface area (TPSA) is 135 Å². The maximum atomic E-state index is 13.0. The molecule has 16 heteroatoms. The molecule has 2 aromatic rings. The molecule has 1 saturated heterocycles. The lowest BCUT2D eigenvalue weighted by Gasteiger charge is -2.35. The summed E-state index contributed by atoms with van der Waals surface area (Å²) in [5.41, 5.74) is 0.210. The molecule has 1 saturated carbocycles. The van der Waals surface area contributed by atoms with Crippen molar-refractivity contribution in [1.82, 2.24) is 24.8 Å². The van der Waals surface area contributed by atoms with Gasteiger partial charge in [-0.3, -0.25) is 4.79 Å². The van der Waals surface area contributed by atoms with E-state index in [1.165, 1.54) is 17.0 Å². The summed E-state index contributed by atoms with van der Waals surface area (Å²) in [6.07, 6.45) is -3.93. The lowest BCUT2D eigenvalue weighted by Crippen LogP contribution is -2.50. The zero-order chi connectivity index (χ0) is 33.2. The minimum Gasteiger partial charge on any atom is -0.454 e. The first-order chi connectivity index (χ1) is 20.8. The van der Waals surface area contributed by atoms with Gasteiger partial charge < -0.3 is 24.2 Å². The van der Waals surface area contributed by atoms with E-state index in [4.69, 9.17) is 9.47 Å². The van der Waals surface area contributed by atoms with Crippen LogP contribution in [-0.4, -0.2) is 121 Å². The normalized spacial score (nSPS) is 16.9. The molecule has 0 N–H and O–H groups in total. The number of ketones is 1. The highest BCUT2D eigenvalue weighted by atomic mass is 32.2. The summed E-state index contributed by atoms with van der Waals surface area (Å²) < 4.78 is 74.0. The average Bonchev–Trinajstić information content (AvgIpc) is 3.71. The van der Waals surface area contributed by atoms with E-state index < -0.39 is 56.6 Å². The van der Waals surface area contributed by atoms with Crippen LogP contribution in [0.5, 0.6) is 6.01 Å². The SMILES string of the molecule is CN(C)CC1(S(=O)(=O)CC(=O)c2ccc(Cc3nc(OCC(F)(F)F)nc(N4CCN(C(=O)OC(C)(C)C)CC4)n3)cc2)CC1. The van der Waals surface area contributed by atoms with Crippen LogP contribution in [0.25, 0.3) is 0 Å². The molecule has 2 heterocycles. The number of benzene rings is 1. The summed E-state index contributed by atoms with van der Waals surface area (Å²) in [5.74, 6) is -0.863. The zero-order valence-electron chi connectivity index (χ0n) is 26.1. The largest absolute Gasteiger partial charge is 0.454 e. The fourth-order valence-electron chi connectivity index (χ4n) is 4.92. The quantitative estimate of drug-likeness (QED) is 0.330. The van der Waals surface area contributed by atoms with Crippen molar-refractivity contribution in [3.05, 3.63) is 41.2 Å². The van der Waals surface area contributed by atoms with Crippen LogP contribution in [0.2, 0.25) is 0 Å². The number of nitrogens with zero attached hydrogens (tertiary/aromatic N) is 6. The van der Waals surface area contributed by atoms with Gasteiger partial charge in [0.25, 0.3) is 0 Å². The highest BCUT2D eigenvalue weighted by Crippen LogP contribution is 2.44. The number of rotatable bonds is 11. The van der Waals surface area contributed by atoms with Gasteiger partial charge in [0.05, 0.1) is 4.75 Å². The Kier molecular flexibility index (Phi) is 9.97. The number of piperazine rings is 1. The van der Waals surface area contributed by atoms with Gasteiger partial charge in [0.15, 0.2) is 22.2 Å². The van der Waals surface area contributed by atoms with Gasteiger partial charge in [-0.25, -0.2) is 13.2 Å². The first-order valence-corrected chi connectivity index (χ1v) is 16.2. The van der Waals surface area contributed by atoms with Gasteiger partial charge in [0.2, 0.25) is 5.95 Å². The second-order valence-corrected chi connectivity index (χ2v) is 15.1. The van der Waals surface area contributed by atoms with Gasteiger partial charge in [-0.15, -0.1) is 0 Å². The highest BCUT2D eigenvalue weighted by molar-refractivity contribution is 7.93. The first-order valence-electron chi connectivity index (χ1n) is 14.5. The predicted octanol–water partition coefficient (Wildman–Crippen LogP) is 3.15. The molecule has 12 nitrogen and oxygen atoms in total. The third-order valence-corrected chi connectivity index (χ3v) is 9.76. The van der Waals surface area contributed by atoms with E-state index >= 15 is 0 Å². The Morgan fingerprint density at radius 2 is 1.60 bits per heavy atom. The summed E-state index contributed by atoms with van der Waals surface area (Å²) in [5, 5.41) is 0. The number of anilines is 1. The third-order valence-electron chi connectivity index (χ3n) is 7.26. The van der Waals surface area contributed by atoms with E-state index in [2.05, 4.69) is 15.0 Å². The van der Waals surface area contributed by atoms with Gasteiger partial charge >= 0.3 is 18.3 Å². The molecular formula is C29H39F3N6O6S. The van der Waals surface area contributed by atoms with Gasteiger partial charge in [-0.05, 0) is 53.3 Å². The summed E-state index contributed by atoms with van der Waals surface area (Å²) in [4.78, 5) is 43.0. The van der Waals surface area contributed by atoms with Gasteiger partial charge in [-0.2, -0.15) is 28.1 Å². The maximum absolute atomic E-state index is 13.0. The van der Waals surface area contributed by atoms with E-state index in [0.717, 1.165) is 0 Å². The molecule has 1 amide bonds. The second kappa shape index (κ2) is 13.1. The van der Waals surface area contributed by atoms with E-state index in [1.54, 1.807) is 56.8 Å². The summed E-state index contributed by atoms with van der Waals surface area (Å²) in [6.45, 7) is 5.26. The van der Waals surface area contributed by atoms with E-state index in [-0.39, 0.29) is 36.8 Å². The van der Waals surface area contributed by atoms with Crippen molar-refractivity contribution in [2.75, 3.05) is 64.1 Å². The molecule has 0 bridgehead atoms. The first kappa shape index (κ1) is 34.3. The van der Waals surface area contributed by atoms with E-state index in [9.17, 15) is 31.2 Å². The zero-order valence-corrected chi connectivity index (χ0v) is 26.9. The molecule has 1 aromatic carbocycles. The van der Waals surface area contributed by atoms with Gasteiger partial charge in [0.1, 0.15) is 17.2 Å². The molecule has 248 valence electrons. The van der Waals surface area contributed by atoms with Crippen LogP contribution in [0.1, 0.15) is 55.4 Å². The molecule has 0 atom stereocenters. The molecule has 45 heavy (non-hydrogen) atoms. The molecule has 0 unspecified atom stereocenters. The van der Waals surface area contributed by atoms with Crippen LogP contribution in [0.15, 0.2) is 24.3 Å². The number of Topliss-reactive ketones (excluding diaryl/α,β-unsaturated/α-hetero) is 1. The molecule has 0 radical (unpaired) electrons. The monoisotopic (exact) mass is 656 g/mol. The van der Waals surface area contributed by atoms with Crippen LogP contribution in [0.4, 0.5) is 23.9 Å². The number of hydrogen-bond donors (Lipinski definition) is 0. The number of halogens is 3. The maximum Gasteiger partial charge on any atom is 0.422 e. The lowest BCUT2D eigenvalue weighted by atomic mass is 10.1. The van der Waals surface area contributed by atoms with E-state index in [1.807, 2.05) is 0 Å². The van der Waals surface area contributed by atoms with E-state index in [0.29, 0.717) is 38.0 Å². The minimum absolute atomic E-state index is 0.0779. The van der Waals surface area contributed by atoms with Gasteiger partial charge in [0, 0.05) is 44.7 Å². The van der Waals surface area contributed by atoms with Crippen molar-refractivity contribution in [3.63, 3.8) is 0 Å². The van der Waals surface area contributed by atoms with Crippen molar-refractivity contribution < 1.29 is 40.7 Å². The third kappa shape index (κ3) is 9.48. The smallest absolute Gasteiger partial charge is 0.422 e. The van der Waals surface area contributed by atoms with Crippen molar-refractivity contribution >= 4 is 27.7 Å². The Bertz CT molecular complexity index is 1480. The second-order valence-electron chi connectivity index (χ2n) is 12.7. The van der Waals surface area contributed by atoms with Crippen LogP contribution in [0.3, 0.4) is 0 Å². The molecule has 4 rings (SSSR count). The average molecular weight is 657 g/mol. The number of aromatic nitrogens is 3. The van der Waals surface area contributed by atoms with Crippen molar-refractivity contribution in [1.29, 1.82) is 0 Å². The number of ether oxygens (including phenoxy) is 2. The Morgan fingerprint density at radius 3 is 2.13 bits per heavy atom. The Morgan fingerprint density at radius 1 is 0.978 bits per heavy atom. The number of amides is 1. The Balaban J connectivity index is 1.46. The summed E-state index contributed by atoms with van der Waals surface area (Å²) in [6, 6.07) is 5.76. The van der Waals surface area contributed by atoms with Crippen molar-refractivity contribution in [2.45, 2.75) is 56.6 Å². The fraction of sp³-hybridized carbons (Fsp3) is 0.621. The lowest BCUT2D eigenvalue weighted by molar-refractivity contribution is -0.154. The molecule has 2 aliphatic rings. The predicted molar refractivity (Wildman–Crippen MR) is 159 cm³/mol. The molecule has 1 aliphatic carbocycles. The molecule has 1 aromatic heterocycles. The van der Waals surface area contributed by atoms with Crippen LogP contribution < -0.4 is 9.64 Å². The van der Waals surface area contributed by atoms with Gasteiger partial charge in [-0.1, -0.05) is 24.3 Å². The Hall–Kier alpha value is -3.53. The molecule has 1 aliphatic heterocycles.